The molecule has 4 saturated carbocycles. The first-order valence-electron chi connectivity index (χ1n) is 19.9. The maximum absolute atomic E-state index is 14.1. The number of rotatable bonds is 10. The van der Waals surface area contributed by atoms with Gasteiger partial charge in [0.25, 0.3) is 0 Å². The Morgan fingerprint density at radius 1 is 0.961 bits per heavy atom. The molecule has 1 aromatic rings. The van der Waals surface area contributed by atoms with Crippen LogP contribution in [0.25, 0.3) is 0 Å². The molecule has 5 aliphatic rings. The van der Waals surface area contributed by atoms with Crippen LogP contribution in [0.15, 0.2) is 29.6 Å². The van der Waals surface area contributed by atoms with Gasteiger partial charge in [0.1, 0.15) is 11.9 Å². The smallest absolute Gasteiger partial charge is 0.309 e. The Morgan fingerprint density at radius 2 is 1.63 bits per heavy atom. The molecule has 1 aromatic heterocycles. The Labute approximate surface area is 306 Å². The molecule has 5 aliphatic carbocycles. The lowest BCUT2D eigenvalue weighted by atomic mass is 9.30. The first kappa shape index (κ1) is 38.1. The number of ketones is 1. The van der Waals surface area contributed by atoms with Crippen molar-refractivity contribution in [1.82, 2.24) is 15.3 Å². The second-order valence-corrected chi connectivity index (χ2v) is 19.9. The number of carboxylic acid groups (broad SMARTS) is 1. The van der Waals surface area contributed by atoms with E-state index in [1.54, 1.807) is 26.2 Å². The van der Waals surface area contributed by atoms with Crippen molar-refractivity contribution in [1.29, 1.82) is 0 Å². The molecule has 0 amide bonds. The lowest BCUT2D eigenvalue weighted by Gasteiger charge is -2.75. The van der Waals surface area contributed by atoms with Crippen LogP contribution < -0.4 is 5.32 Å². The number of carboxylic acids is 1. The summed E-state index contributed by atoms with van der Waals surface area (Å²) in [5.41, 5.74) is 1.35. The highest BCUT2D eigenvalue weighted by molar-refractivity contribution is 6.01. The first-order chi connectivity index (χ1) is 23.7. The molecular formula is C43H65N3O5. The van der Waals surface area contributed by atoms with Gasteiger partial charge in [-0.05, 0) is 129 Å². The molecule has 1 heterocycles. The van der Waals surface area contributed by atoms with Crippen molar-refractivity contribution in [3.63, 3.8) is 0 Å². The van der Waals surface area contributed by atoms with Gasteiger partial charge < -0.3 is 15.2 Å². The summed E-state index contributed by atoms with van der Waals surface area (Å²) in [6, 6.07) is 1.84. The second-order valence-electron chi connectivity index (χ2n) is 19.9. The number of carbonyl (C=O) groups excluding carboxylic acids is 2. The van der Waals surface area contributed by atoms with E-state index in [4.69, 9.17) is 4.74 Å². The van der Waals surface area contributed by atoms with E-state index in [9.17, 15) is 19.5 Å². The van der Waals surface area contributed by atoms with Gasteiger partial charge in [0.2, 0.25) is 0 Å². The van der Waals surface area contributed by atoms with Gasteiger partial charge in [-0.25, -0.2) is 9.97 Å². The normalized spacial score (nSPS) is 38.8. The SMILES string of the molecule is CC(C)C1=C2[C@@](CCNCc3ncccn3)(CC[C@]3(C)[C@]2(C)CC[C@@H]2[C@@]4(C)CC[C@H](OC(=O)CC(C)(C)C(=O)O)C(C)(C)[C@@H]4CC[C@]23C)CC1=O. The number of Topliss-reactive ketones (excluding diaryl/α,β-unsaturated/α-hetero) is 1. The average Bonchev–Trinajstić information content (AvgIpc) is 3.35. The fourth-order valence-corrected chi connectivity index (χ4v) is 13.4. The highest BCUT2D eigenvalue weighted by Gasteiger charge is 2.73. The van der Waals surface area contributed by atoms with Gasteiger partial charge in [0.05, 0.1) is 18.4 Å². The monoisotopic (exact) mass is 703 g/mol. The van der Waals surface area contributed by atoms with Gasteiger partial charge in [-0.1, -0.05) is 61.0 Å². The molecule has 4 fully saturated rings. The number of ether oxygens (including phenoxy) is 1. The van der Waals surface area contributed by atoms with Crippen LogP contribution in [-0.2, 0) is 25.7 Å². The number of hydrogen-bond donors (Lipinski definition) is 2. The number of fused-ring (bicyclic) bond motifs is 7. The van der Waals surface area contributed by atoms with Crippen LogP contribution in [0.1, 0.15) is 146 Å². The number of nitrogens with one attached hydrogen (secondary N) is 1. The minimum Gasteiger partial charge on any atom is -0.481 e. The molecule has 8 nitrogen and oxygen atoms in total. The molecule has 0 aliphatic heterocycles. The van der Waals surface area contributed by atoms with Crippen molar-refractivity contribution < 1.29 is 24.2 Å². The van der Waals surface area contributed by atoms with Crippen LogP contribution >= 0.6 is 0 Å². The predicted molar refractivity (Wildman–Crippen MR) is 198 cm³/mol. The van der Waals surface area contributed by atoms with Crippen molar-refractivity contribution in [3.05, 3.63) is 35.4 Å². The number of carbonyl (C=O) groups is 3. The Bertz CT molecular complexity index is 1580. The highest BCUT2D eigenvalue weighted by atomic mass is 16.5. The van der Waals surface area contributed by atoms with Gasteiger partial charge in [-0.3, -0.25) is 14.4 Å². The van der Waals surface area contributed by atoms with E-state index in [1.165, 1.54) is 5.57 Å². The number of esters is 1. The Balaban J connectivity index is 1.27. The molecular weight excluding hydrogens is 638 g/mol. The van der Waals surface area contributed by atoms with Crippen molar-refractivity contribution in [2.24, 2.45) is 55.7 Å². The van der Waals surface area contributed by atoms with Crippen LogP contribution in [-0.4, -0.2) is 45.4 Å². The minimum atomic E-state index is -1.15. The highest BCUT2D eigenvalue weighted by Crippen LogP contribution is 2.80. The zero-order chi connectivity index (χ0) is 37.4. The molecule has 8 heteroatoms. The third kappa shape index (κ3) is 5.74. The van der Waals surface area contributed by atoms with Gasteiger partial charge in [0, 0.05) is 29.6 Å². The Kier molecular flexibility index (Phi) is 9.54. The van der Waals surface area contributed by atoms with Crippen molar-refractivity contribution in [2.45, 2.75) is 153 Å². The number of hydrogen-bond acceptors (Lipinski definition) is 7. The molecule has 51 heavy (non-hydrogen) atoms. The minimum absolute atomic E-state index is 0.0433. The van der Waals surface area contributed by atoms with E-state index >= 15 is 0 Å². The van der Waals surface area contributed by atoms with Crippen molar-refractivity contribution in [2.75, 3.05) is 6.54 Å². The summed E-state index contributed by atoms with van der Waals surface area (Å²) < 4.78 is 6.19. The molecule has 8 atom stereocenters. The second kappa shape index (κ2) is 12.8. The molecule has 0 bridgehead atoms. The predicted octanol–water partition coefficient (Wildman–Crippen LogP) is 8.74. The van der Waals surface area contributed by atoms with E-state index in [-0.39, 0.29) is 50.9 Å². The third-order valence-corrected chi connectivity index (χ3v) is 16.4. The van der Waals surface area contributed by atoms with Crippen LogP contribution in [0.3, 0.4) is 0 Å². The zero-order valence-electron chi connectivity index (χ0n) is 33.2. The van der Waals surface area contributed by atoms with Crippen molar-refractivity contribution in [3.8, 4) is 0 Å². The van der Waals surface area contributed by atoms with Crippen LogP contribution in [0, 0.1) is 55.7 Å². The summed E-state index contributed by atoms with van der Waals surface area (Å²) in [5, 5.41) is 13.2. The summed E-state index contributed by atoms with van der Waals surface area (Å²) in [4.78, 5) is 47.7. The summed E-state index contributed by atoms with van der Waals surface area (Å²) >= 11 is 0. The molecule has 2 N–H and O–H groups in total. The van der Waals surface area contributed by atoms with Gasteiger partial charge in [-0.15, -0.1) is 0 Å². The van der Waals surface area contributed by atoms with E-state index in [0.717, 1.165) is 75.7 Å². The number of nitrogens with zero attached hydrogens (tertiary/aromatic N) is 2. The molecule has 0 unspecified atom stereocenters. The summed E-state index contributed by atoms with van der Waals surface area (Å²) in [6.07, 6.45) is 13.3. The molecule has 0 aromatic carbocycles. The molecule has 282 valence electrons. The third-order valence-electron chi connectivity index (χ3n) is 16.4. The summed E-state index contributed by atoms with van der Waals surface area (Å²) in [6.45, 7) is 24.0. The number of allylic oxidation sites excluding steroid dienone is 2. The van der Waals surface area contributed by atoms with Crippen LogP contribution in [0.4, 0.5) is 0 Å². The maximum Gasteiger partial charge on any atom is 0.309 e. The fourth-order valence-electron chi connectivity index (χ4n) is 13.4. The van der Waals surface area contributed by atoms with Crippen LogP contribution in [0.5, 0.6) is 0 Å². The Morgan fingerprint density at radius 3 is 2.27 bits per heavy atom. The zero-order valence-corrected chi connectivity index (χ0v) is 33.2. The number of aliphatic carboxylic acids is 1. The van der Waals surface area contributed by atoms with Gasteiger partial charge in [0.15, 0.2) is 5.78 Å². The van der Waals surface area contributed by atoms with E-state index in [2.05, 4.69) is 70.7 Å². The number of aromatic nitrogens is 2. The standard InChI is InChI=1S/C43H65N3O5/c1-27(2)34-28(47)24-43(20-23-44-26-32-45-21-11-22-46-32)19-18-42(10)40(8)16-12-29-38(5,6)31(51-33(48)25-37(3,4)36(49)50)14-15-39(29,7)30(40)13-17-41(42,9)35(34)43/h11,21-22,27,29-31,44H,12-20,23-26H2,1-10H3,(H,49,50)/t29-,30+,31-,39-,40+,41+,42-,43+/m0/s1. The van der Waals surface area contributed by atoms with Crippen LogP contribution in [0.2, 0.25) is 0 Å². The summed E-state index contributed by atoms with van der Waals surface area (Å²) in [7, 11) is 0. The topological polar surface area (TPSA) is 118 Å². The molecule has 0 spiro atoms. The molecule has 0 radical (unpaired) electrons. The lowest BCUT2D eigenvalue weighted by Crippen LogP contribution is -2.68. The molecule has 0 saturated heterocycles. The summed E-state index contributed by atoms with van der Waals surface area (Å²) in [5.74, 6) is 0.929. The van der Waals surface area contributed by atoms with Gasteiger partial charge in [-0.2, -0.15) is 0 Å². The first-order valence-corrected chi connectivity index (χ1v) is 19.9. The van der Waals surface area contributed by atoms with Crippen molar-refractivity contribution >= 4 is 17.7 Å². The average molecular weight is 704 g/mol. The molecule has 6 rings (SSSR count). The Hall–Kier alpha value is -2.61. The quantitative estimate of drug-likeness (QED) is 0.184. The fraction of sp³-hybridized carbons (Fsp3) is 0.791. The maximum atomic E-state index is 14.1. The van der Waals surface area contributed by atoms with E-state index < -0.39 is 17.4 Å². The van der Waals surface area contributed by atoms with E-state index in [1.807, 2.05) is 6.07 Å². The van der Waals surface area contributed by atoms with E-state index in [0.29, 0.717) is 30.6 Å². The van der Waals surface area contributed by atoms with Gasteiger partial charge >= 0.3 is 11.9 Å². The largest absolute Gasteiger partial charge is 0.481 e. The lowest BCUT2D eigenvalue weighted by molar-refractivity contribution is -0.249.